The van der Waals surface area contributed by atoms with Crippen molar-refractivity contribution in [1.29, 1.82) is 0 Å². The first-order valence-electron chi connectivity index (χ1n) is 15.3. The Bertz CT molecular complexity index is 1940. The van der Waals surface area contributed by atoms with Gasteiger partial charge in [0.05, 0.1) is 10.4 Å². The Morgan fingerprint density at radius 2 is 1.43 bits per heavy atom. The van der Waals surface area contributed by atoms with Crippen molar-refractivity contribution in [3.05, 3.63) is 40.7 Å². The molecule has 15 heteroatoms. The number of rotatable bonds is 3. The molecular formula is C32H40F3N5O4S3. The molecule has 0 bridgehead atoms. The second-order valence-electron chi connectivity index (χ2n) is 14.4. The van der Waals surface area contributed by atoms with Crippen LogP contribution < -0.4 is 21.0 Å². The Morgan fingerprint density at radius 3 is 1.94 bits per heavy atom. The number of hydrogen-bond acceptors (Lipinski definition) is 9. The average molecular weight is 712 g/mol. The van der Waals surface area contributed by atoms with Crippen LogP contribution in [0.5, 0.6) is 5.75 Å². The Kier molecular flexibility index (Phi) is 9.25. The summed E-state index contributed by atoms with van der Waals surface area (Å²) in [5, 5.41) is 4.04. The van der Waals surface area contributed by atoms with Crippen molar-refractivity contribution in [2.24, 2.45) is 28.4 Å². The van der Waals surface area contributed by atoms with Gasteiger partial charge in [0, 0.05) is 16.8 Å². The van der Waals surface area contributed by atoms with Crippen LogP contribution in [0.3, 0.4) is 0 Å². The molecule has 9 nitrogen and oxygen atoms in total. The number of aryl methyl sites for hydroxylation is 2. The maximum Gasteiger partial charge on any atom is 0.534 e. The number of hydrogen-bond donors (Lipinski definition) is 3. The number of nitrogen functional groups attached to an aromatic ring is 1. The molecule has 2 atom stereocenters. The van der Waals surface area contributed by atoms with Crippen LogP contribution >= 0.6 is 22.7 Å². The molecule has 2 aliphatic carbocycles. The van der Waals surface area contributed by atoms with E-state index in [2.05, 4.69) is 62.1 Å². The quantitative estimate of drug-likeness (QED) is 0.143. The average Bonchev–Trinajstić information content (AvgIpc) is 3.45. The van der Waals surface area contributed by atoms with E-state index in [0.29, 0.717) is 24.2 Å². The highest BCUT2D eigenvalue weighted by Gasteiger charge is 2.49. The smallest absolute Gasteiger partial charge is 0.391 e. The third-order valence-corrected chi connectivity index (χ3v) is 11.9. The summed E-state index contributed by atoms with van der Waals surface area (Å²) in [6.45, 7) is 13.4. The molecule has 2 amide bonds. The number of primary amides is 1. The standard InChI is InChI=1S/C17H20F3N3O4S2.C15H20N2S/c1-16(2,3)9-4-5-11-8(6-9)7-10-12(27-29(25,26)17(18,19)20)14(23-15(21)24)28-13(10)22-11;1-15(2,3)11-4-5-12-9(7-11)6-10-8-13(16)18-14(10)17-12/h7,9H,4-6H2,1-3H3,(H3,21,23,24);6,8,11H,4-5,7,16H2,1-3H3. The van der Waals surface area contributed by atoms with E-state index >= 15 is 0 Å². The van der Waals surface area contributed by atoms with Gasteiger partial charge in [0.15, 0.2) is 5.75 Å². The fourth-order valence-electron chi connectivity index (χ4n) is 6.21. The largest absolute Gasteiger partial charge is 0.534 e. The summed E-state index contributed by atoms with van der Waals surface area (Å²) in [5.41, 5.74) is 10.1. The summed E-state index contributed by atoms with van der Waals surface area (Å²) >= 11 is 2.40. The third-order valence-electron chi connectivity index (χ3n) is 9.06. The highest BCUT2D eigenvalue weighted by molar-refractivity contribution is 7.88. The minimum atomic E-state index is -5.94. The first-order chi connectivity index (χ1) is 21.6. The molecule has 6 rings (SSSR count). The van der Waals surface area contributed by atoms with Crippen LogP contribution in [0.1, 0.15) is 76.9 Å². The van der Waals surface area contributed by atoms with Crippen molar-refractivity contribution < 1.29 is 30.6 Å². The fraction of sp³-hybridized carbons (Fsp3) is 0.531. The molecule has 0 radical (unpaired) electrons. The molecule has 47 heavy (non-hydrogen) atoms. The number of thiophene rings is 2. The van der Waals surface area contributed by atoms with Crippen LogP contribution in [-0.2, 0) is 35.8 Å². The van der Waals surface area contributed by atoms with Crippen LogP contribution in [0, 0.1) is 22.7 Å². The SMILES string of the molecule is CC(C)(C)C1CCc2nc3sc(N)cc3cc2C1.CC(C)(C)C1CCc2nc3sc(NC(N)=O)c(OS(=O)(=O)C(F)(F)F)c3cc2C1. The predicted molar refractivity (Wildman–Crippen MR) is 182 cm³/mol. The van der Waals surface area contributed by atoms with Crippen LogP contribution in [-0.4, -0.2) is 29.9 Å². The molecule has 4 heterocycles. The third kappa shape index (κ3) is 7.62. The number of halogens is 3. The van der Waals surface area contributed by atoms with Gasteiger partial charge in [0.1, 0.15) is 14.7 Å². The van der Waals surface area contributed by atoms with Gasteiger partial charge in [-0.15, -0.1) is 0 Å². The molecule has 4 aromatic rings. The van der Waals surface area contributed by atoms with Crippen LogP contribution in [0.25, 0.3) is 20.4 Å². The van der Waals surface area contributed by atoms with E-state index in [0.717, 1.165) is 57.6 Å². The zero-order chi connectivity index (χ0) is 34.7. The molecule has 0 saturated carbocycles. The number of urea groups is 1. The number of fused-ring (bicyclic) bond motifs is 4. The van der Waals surface area contributed by atoms with Crippen molar-refractivity contribution in [3.8, 4) is 5.75 Å². The molecule has 2 unspecified atom stereocenters. The van der Waals surface area contributed by atoms with Gasteiger partial charge in [0.25, 0.3) is 0 Å². The molecule has 2 aliphatic rings. The monoisotopic (exact) mass is 711 g/mol. The van der Waals surface area contributed by atoms with E-state index < -0.39 is 27.4 Å². The lowest BCUT2D eigenvalue weighted by Crippen LogP contribution is -2.28. The number of alkyl halides is 3. The number of pyridine rings is 2. The van der Waals surface area contributed by atoms with Crippen molar-refractivity contribution in [1.82, 2.24) is 9.97 Å². The number of nitrogens with zero attached hydrogens (tertiary/aromatic N) is 2. The van der Waals surface area contributed by atoms with Crippen molar-refractivity contribution in [2.75, 3.05) is 11.1 Å². The molecular weight excluding hydrogens is 672 g/mol. The highest BCUT2D eigenvalue weighted by Crippen LogP contribution is 2.46. The van der Waals surface area contributed by atoms with E-state index in [1.165, 1.54) is 23.1 Å². The van der Waals surface area contributed by atoms with Crippen LogP contribution in [0.15, 0.2) is 18.2 Å². The lowest BCUT2D eigenvalue weighted by Gasteiger charge is -2.34. The first kappa shape index (κ1) is 35.1. The van der Waals surface area contributed by atoms with Crippen LogP contribution in [0.2, 0.25) is 0 Å². The number of carbonyl (C=O) groups is 1. The van der Waals surface area contributed by atoms with Crippen LogP contribution in [0.4, 0.5) is 28.0 Å². The summed E-state index contributed by atoms with van der Waals surface area (Å²) in [5.74, 6) is 0.467. The molecule has 0 spiro atoms. The Balaban J connectivity index is 0.000000205. The maximum absolute atomic E-state index is 12.8. The van der Waals surface area contributed by atoms with E-state index in [4.69, 9.17) is 16.5 Å². The topological polar surface area (TPSA) is 150 Å². The summed E-state index contributed by atoms with van der Waals surface area (Å²) in [4.78, 5) is 21.9. The summed E-state index contributed by atoms with van der Waals surface area (Å²) in [6.07, 6.45) is 5.80. The lowest BCUT2D eigenvalue weighted by molar-refractivity contribution is -0.0499. The fourth-order valence-corrected chi connectivity index (χ4v) is 8.55. The first-order valence-corrected chi connectivity index (χ1v) is 18.4. The van der Waals surface area contributed by atoms with Gasteiger partial charge in [-0.05, 0) is 90.5 Å². The van der Waals surface area contributed by atoms with Gasteiger partial charge in [0.2, 0.25) is 0 Å². The Labute approximate surface area is 280 Å². The molecule has 4 aromatic heterocycles. The van der Waals surface area contributed by atoms with E-state index in [-0.39, 0.29) is 20.6 Å². The number of aromatic nitrogens is 2. The second-order valence-corrected chi connectivity index (χ2v) is 18.0. The Hall–Kier alpha value is -3.17. The van der Waals surface area contributed by atoms with E-state index in [1.807, 2.05) is 6.07 Å². The number of nitrogens with two attached hydrogens (primary N) is 2. The highest BCUT2D eigenvalue weighted by atomic mass is 32.2. The Morgan fingerprint density at radius 1 is 0.894 bits per heavy atom. The maximum atomic E-state index is 12.8. The number of nitrogens with one attached hydrogen (secondary N) is 1. The molecule has 0 saturated heterocycles. The van der Waals surface area contributed by atoms with Gasteiger partial charge in [-0.3, -0.25) is 5.32 Å². The van der Waals surface area contributed by atoms with Crippen molar-refractivity contribution in [3.63, 3.8) is 0 Å². The molecule has 256 valence electrons. The number of amides is 2. The lowest BCUT2D eigenvalue weighted by atomic mass is 9.71. The summed E-state index contributed by atoms with van der Waals surface area (Å²) in [7, 11) is -5.94. The van der Waals surface area contributed by atoms with E-state index in [1.54, 1.807) is 17.4 Å². The second kappa shape index (κ2) is 12.4. The minimum absolute atomic E-state index is 0.0267. The molecule has 0 aromatic carbocycles. The summed E-state index contributed by atoms with van der Waals surface area (Å²) < 4.78 is 66.0. The van der Waals surface area contributed by atoms with Gasteiger partial charge in [-0.2, -0.15) is 21.6 Å². The van der Waals surface area contributed by atoms with Gasteiger partial charge in [-0.25, -0.2) is 14.8 Å². The zero-order valence-electron chi connectivity index (χ0n) is 27.2. The van der Waals surface area contributed by atoms with E-state index in [9.17, 15) is 26.4 Å². The minimum Gasteiger partial charge on any atom is -0.391 e. The normalized spacial score (nSPS) is 18.7. The number of carbonyl (C=O) groups excluding carboxylic acids is 1. The zero-order valence-corrected chi connectivity index (χ0v) is 29.6. The molecule has 5 N–H and O–H groups in total. The predicted octanol–water partition coefficient (Wildman–Crippen LogP) is 8.20. The number of anilines is 2. The van der Waals surface area contributed by atoms with Gasteiger partial charge in [-0.1, -0.05) is 64.2 Å². The van der Waals surface area contributed by atoms with Crippen molar-refractivity contribution >= 4 is 69.3 Å². The molecule has 0 fully saturated rings. The van der Waals surface area contributed by atoms with Gasteiger partial charge < -0.3 is 15.7 Å². The van der Waals surface area contributed by atoms with Gasteiger partial charge >= 0.3 is 21.7 Å². The van der Waals surface area contributed by atoms with Crippen molar-refractivity contribution in [2.45, 2.75) is 85.6 Å². The molecule has 0 aliphatic heterocycles. The summed E-state index contributed by atoms with van der Waals surface area (Å²) in [6, 6.07) is 4.89.